The van der Waals surface area contributed by atoms with E-state index in [0.29, 0.717) is 54.1 Å². The number of nitriles is 1. The van der Waals surface area contributed by atoms with Gasteiger partial charge >= 0.3 is 12.2 Å². The summed E-state index contributed by atoms with van der Waals surface area (Å²) in [5, 5.41) is 12.8. The summed E-state index contributed by atoms with van der Waals surface area (Å²) in [5.74, 6) is -0.236. The van der Waals surface area contributed by atoms with Gasteiger partial charge in [-0.25, -0.2) is 4.79 Å². The normalized spacial score (nSPS) is 18.9. The highest BCUT2D eigenvalue weighted by Crippen LogP contribution is 2.43. The quantitative estimate of drug-likeness (QED) is 0.561. The maximum absolute atomic E-state index is 13.8. The average Bonchev–Trinajstić information content (AvgIpc) is 2.94. The number of carbonyl (C=O) groups is 2. The van der Waals surface area contributed by atoms with Crippen molar-refractivity contribution in [2.75, 3.05) is 38.1 Å². The van der Waals surface area contributed by atoms with Crippen LogP contribution in [-0.4, -0.2) is 55.0 Å². The minimum atomic E-state index is -4.56. The van der Waals surface area contributed by atoms with Crippen molar-refractivity contribution >= 4 is 17.6 Å². The number of nitrogens with zero attached hydrogens (tertiary/aromatic N) is 4. The van der Waals surface area contributed by atoms with Crippen LogP contribution in [0.1, 0.15) is 53.9 Å². The van der Waals surface area contributed by atoms with E-state index >= 15 is 0 Å². The molecule has 0 aliphatic carbocycles. The second-order valence-electron chi connectivity index (χ2n) is 9.61. The molecule has 1 saturated heterocycles. The van der Waals surface area contributed by atoms with Crippen LogP contribution < -0.4 is 10.2 Å². The third-order valence-electron chi connectivity index (χ3n) is 7.28. The van der Waals surface area contributed by atoms with E-state index in [9.17, 15) is 28.0 Å². The Hall–Kier alpha value is -4.10. The molecule has 2 aliphatic heterocycles. The summed E-state index contributed by atoms with van der Waals surface area (Å²) < 4.78 is 40.5. The molecule has 2 heterocycles. The SMILES string of the molecule is CC=C(C)C1=C(C)N(c2cccc(C(F)(F)F)c2)C(=O)N(C)C1c1ccc(C#N)cc1C(=O)N1CCNCC1. The molecule has 0 saturated carbocycles. The molecule has 2 aromatic rings. The Morgan fingerprint density at radius 1 is 1.15 bits per heavy atom. The number of allylic oxidation sites excluding steroid dienone is 2. The van der Waals surface area contributed by atoms with Crippen LogP contribution in [0.25, 0.3) is 0 Å². The molecule has 7 nitrogen and oxygen atoms in total. The Labute approximate surface area is 225 Å². The fraction of sp³-hybridized carbons (Fsp3) is 0.345. The average molecular weight is 538 g/mol. The fourth-order valence-electron chi connectivity index (χ4n) is 5.16. The van der Waals surface area contributed by atoms with Crippen molar-refractivity contribution in [3.8, 4) is 6.07 Å². The van der Waals surface area contributed by atoms with E-state index in [2.05, 4.69) is 11.4 Å². The Balaban J connectivity index is 1.91. The van der Waals surface area contributed by atoms with Gasteiger partial charge in [-0.3, -0.25) is 9.69 Å². The van der Waals surface area contributed by atoms with Crippen molar-refractivity contribution in [1.29, 1.82) is 5.26 Å². The number of halogens is 3. The molecule has 204 valence electrons. The first-order valence-corrected chi connectivity index (χ1v) is 12.6. The Morgan fingerprint density at radius 3 is 2.46 bits per heavy atom. The van der Waals surface area contributed by atoms with Gasteiger partial charge in [-0.05, 0) is 62.2 Å². The number of hydrogen-bond acceptors (Lipinski definition) is 4. The molecule has 0 bridgehead atoms. The number of carbonyl (C=O) groups excluding carboxylic acids is 2. The third kappa shape index (κ3) is 5.27. The van der Waals surface area contributed by atoms with Gasteiger partial charge in [0.2, 0.25) is 0 Å². The van der Waals surface area contributed by atoms with Gasteiger partial charge in [0.15, 0.2) is 0 Å². The van der Waals surface area contributed by atoms with Crippen molar-refractivity contribution in [1.82, 2.24) is 15.1 Å². The lowest BCUT2D eigenvalue weighted by molar-refractivity contribution is -0.137. The van der Waals surface area contributed by atoms with Gasteiger partial charge in [-0.1, -0.05) is 18.2 Å². The number of alkyl halides is 3. The van der Waals surface area contributed by atoms with Crippen LogP contribution in [0.4, 0.5) is 23.7 Å². The van der Waals surface area contributed by atoms with Crippen LogP contribution in [0, 0.1) is 11.3 Å². The third-order valence-corrected chi connectivity index (χ3v) is 7.28. The summed E-state index contributed by atoms with van der Waals surface area (Å²) in [5.41, 5.74) is 2.38. The lowest BCUT2D eigenvalue weighted by Gasteiger charge is -2.43. The van der Waals surface area contributed by atoms with Crippen LogP contribution in [0.5, 0.6) is 0 Å². The Kier molecular flexibility index (Phi) is 7.84. The molecule has 1 atom stereocenters. The second kappa shape index (κ2) is 10.9. The molecule has 3 amide bonds. The molecule has 10 heteroatoms. The van der Waals surface area contributed by atoms with Crippen molar-refractivity contribution in [2.24, 2.45) is 0 Å². The zero-order valence-corrected chi connectivity index (χ0v) is 22.3. The van der Waals surface area contributed by atoms with Crippen molar-refractivity contribution in [3.05, 3.63) is 87.6 Å². The molecule has 0 radical (unpaired) electrons. The first-order valence-electron chi connectivity index (χ1n) is 12.6. The van der Waals surface area contributed by atoms with Gasteiger partial charge < -0.3 is 15.1 Å². The van der Waals surface area contributed by atoms with E-state index < -0.39 is 23.8 Å². The van der Waals surface area contributed by atoms with Crippen LogP contribution in [0.3, 0.4) is 0 Å². The molecule has 4 rings (SSSR count). The smallest absolute Gasteiger partial charge is 0.336 e. The lowest BCUT2D eigenvalue weighted by atomic mass is 9.85. The summed E-state index contributed by atoms with van der Waals surface area (Å²) in [6, 6.07) is 10.4. The van der Waals surface area contributed by atoms with Crippen LogP contribution >= 0.6 is 0 Å². The number of hydrogen-bond donors (Lipinski definition) is 1. The predicted molar refractivity (Wildman–Crippen MR) is 142 cm³/mol. The topological polar surface area (TPSA) is 79.7 Å². The summed E-state index contributed by atoms with van der Waals surface area (Å²) in [4.78, 5) is 31.9. The molecule has 39 heavy (non-hydrogen) atoms. The van der Waals surface area contributed by atoms with E-state index in [1.165, 1.54) is 21.9 Å². The predicted octanol–water partition coefficient (Wildman–Crippen LogP) is 5.48. The van der Waals surface area contributed by atoms with E-state index in [1.54, 1.807) is 37.1 Å². The van der Waals surface area contributed by atoms with Crippen molar-refractivity contribution in [3.63, 3.8) is 0 Å². The molecule has 1 fully saturated rings. The van der Waals surface area contributed by atoms with Crippen molar-refractivity contribution < 1.29 is 22.8 Å². The summed E-state index contributed by atoms with van der Waals surface area (Å²) in [7, 11) is 1.57. The van der Waals surface area contributed by atoms with Crippen LogP contribution in [0.15, 0.2) is 65.4 Å². The van der Waals surface area contributed by atoms with Crippen LogP contribution in [-0.2, 0) is 6.18 Å². The number of likely N-dealkylation sites (N-methyl/N-ethyl adjacent to an activating group) is 1. The highest BCUT2D eigenvalue weighted by molar-refractivity contribution is 6.00. The molecule has 2 aromatic carbocycles. The van der Waals surface area contributed by atoms with E-state index in [1.807, 2.05) is 19.9 Å². The molecular weight excluding hydrogens is 507 g/mol. The molecule has 0 spiro atoms. The first kappa shape index (κ1) is 27.9. The molecular formula is C29H30F3N5O2. The van der Waals surface area contributed by atoms with Gasteiger partial charge in [0.1, 0.15) is 0 Å². The largest absolute Gasteiger partial charge is 0.416 e. The second-order valence-corrected chi connectivity index (χ2v) is 9.61. The number of anilines is 1. The van der Waals surface area contributed by atoms with Gasteiger partial charge in [0.05, 0.1) is 28.9 Å². The number of rotatable bonds is 4. The van der Waals surface area contributed by atoms with Gasteiger partial charge in [0.25, 0.3) is 5.91 Å². The highest BCUT2D eigenvalue weighted by atomic mass is 19.4. The van der Waals surface area contributed by atoms with E-state index in [0.717, 1.165) is 17.7 Å². The first-order chi connectivity index (χ1) is 18.5. The number of amides is 3. The Bertz CT molecular complexity index is 1400. The van der Waals surface area contributed by atoms with Crippen molar-refractivity contribution in [2.45, 2.75) is 33.0 Å². The summed E-state index contributed by atoms with van der Waals surface area (Å²) in [6.07, 6.45) is -2.70. The molecule has 1 N–H and O–H groups in total. The Morgan fingerprint density at radius 2 is 1.85 bits per heavy atom. The highest BCUT2D eigenvalue weighted by Gasteiger charge is 2.41. The number of piperazine rings is 1. The maximum atomic E-state index is 13.8. The monoisotopic (exact) mass is 537 g/mol. The zero-order chi connectivity index (χ0) is 28.5. The van der Waals surface area contributed by atoms with Gasteiger partial charge in [0, 0.05) is 50.1 Å². The standard InChI is InChI=1S/C29H30F3N5O2/c1-5-18(2)25-19(3)37(22-8-6-7-21(16-22)29(30,31)32)28(39)35(4)26(25)23-10-9-20(17-33)15-24(23)27(38)36-13-11-34-12-14-36/h5-10,15-16,26,34H,11-14H2,1-4H3. The molecule has 1 unspecified atom stereocenters. The van der Waals surface area contributed by atoms with Crippen LogP contribution in [0.2, 0.25) is 0 Å². The minimum absolute atomic E-state index is 0.0935. The molecule has 0 aromatic heterocycles. The lowest BCUT2D eigenvalue weighted by Crippen LogP contribution is -2.49. The summed E-state index contributed by atoms with van der Waals surface area (Å²) >= 11 is 0. The number of nitrogens with one attached hydrogen (secondary N) is 1. The minimum Gasteiger partial charge on any atom is -0.336 e. The van der Waals surface area contributed by atoms with Gasteiger partial charge in [-0.2, -0.15) is 18.4 Å². The summed E-state index contributed by atoms with van der Waals surface area (Å²) in [6.45, 7) is 7.71. The number of urea groups is 1. The zero-order valence-electron chi connectivity index (χ0n) is 22.3. The maximum Gasteiger partial charge on any atom is 0.416 e. The fourth-order valence-corrected chi connectivity index (χ4v) is 5.16. The van der Waals surface area contributed by atoms with E-state index in [4.69, 9.17) is 0 Å². The van der Waals surface area contributed by atoms with E-state index in [-0.39, 0.29) is 11.6 Å². The number of benzene rings is 2. The van der Waals surface area contributed by atoms with Gasteiger partial charge in [-0.15, -0.1) is 0 Å². The molecule has 2 aliphatic rings.